The summed E-state index contributed by atoms with van der Waals surface area (Å²) in [5.41, 5.74) is 6.44. The number of fused-ring (bicyclic) bond motifs is 2. The zero-order valence-electron chi connectivity index (χ0n) is 22.0. The van der Waals surface area contributed by atoms with Crippen LogP contribution in [0.3, 0.4) is 0 Å². The van der Waals surface area contributed by atoms with Crippen molar-refractivity contribution in [3.63, 3.8) is 0 Å². The van der Waals surface area contributed by atoms with Gasteiger partial charge in [-0.25, -0.2) is 4.79 Å². The summed E-state index contributed by atoms with van der Waals surface area (Å²) in [6.45, 7) is 6.30. The molecule has 6 rings (SSSR count). The standard InChI is InChI=1S/C32H31N3O3S/c1-20(21-10-12-22(13-11-21)35-18-16-34(2)17-19-35)23-14-15-28-31(33-25-7-3-4-9-27(25)39-28)29(23)24-6-5-8-26(36)30(24)32(37)38/h3-15,20,33,36H,16-19H2,1-2H3,(H,37,38). The second-order valence-electron chi connectivity index (χ2n) is 10.2. The van der Waals surface area contributed by atoms with Crippen LogP contribution in [-0.2, 0) is 0 Å². The molecule has 7 heteroatoms. The Labute approximate surface area is 232 Å². The maximum Gasteiger partial charge on any atom is 0.340 e. The SMILES string of the molecule is CC(c1ccc(N2CCN(C)CC2)cc1)c1ccc2c(c1-c1cccc(O)c1C(=O)O)Nc1ccccc1S2. The van der Waals surface area contributed by atoms with Crippen molar-refractivity contribution in [2.24, 2.45) is 0 Å². The fraction of sp³-hybridized carbons (Fsp3) is 0.219. The molecule has 4 aromatic carbocycles. The molecule has 3 N–H and O–H groups in total. The first-order valence-electron chi connectivity index (χ1n) is 13.2. The van der Waals surface area contributed by atoms with Crippen molar-refractivity contribution in [2.45, 2.75) is 22.6 Å². The molecule has 6 nitrogen and oxygen atoms in total. The minimum Gasteiger partial charge on any atom is -0.507 e. The molecule has 1 atom stereocenters. The van der Waals surface area contributed by atoms with E-state index < -0.39 is 5.97 Å². The van der Waals surface area contributed by atoms with E-state index in [9.17, 15) is 15.0 Å². The molecule has 0 aromatic heterocycles. The van der Waals surface area contributed by atoms with E-state index in [4.69, 9.17) is 0 Å². The molecule has 2 aliphatic heterocycles. The van der Waals surface area contributed by atoms with Crippen molar-refractivity contribution < 1.29 is 15.0 Å². The second-order valence-corrected chi connectivity index (χ2v) is 11.3. The highest BCUT2D eigenvalue weighted by atomic mass is 32.2. The van der Waals surface area contributed by atoms with Gasteiger partial charge in [0.2, 0.25) is 0 Å². The monoisotopic (exact) mass is 537 g/mol. The molecule has 1 unspecified atom stereocenters. The topological polar surface area (TPSA) is 76.0 Å². The van der Waals surface area contributed by atoms with Crippen molar-refractivity contribution in [1.29, 1.82) is 0 Å². The Morgan fingerprint density at radius 1 is 0.897 bits per heavy atom. The van der Waals surface area contributed by atoms with Crippen molar-refractivity contribution >= 4 is 34.8 Å². The molecule has 2 aliphatic rings. The van der Waals surface area contributed by atoms with Crippen LogP contribution in [0.1, 0.15) is 34.3 Å². The number of carbonyl (C=O) groups is 1. The van der Waals surface area contributed by atoms with Crippen molar-refractivity contribution in [3.8, 4) is 16.9 Å². The van der Waals surface area contributed by atoms with Gasteiger partial charge in [-0.3, -0.25) is 0 Å². The molecule has 198 valence electrons. The molecule has 0 aliphatic carbocycles. The molecule has 1 fully saturated rings. The van der Waals surface area contributed by atoms with E-state index in [-0.39, 0.29) is 17.2 Å². The molecule has 0 spiro atoms. The lowest BCUT2D eigenvalue weighted by molar-refractivity contribution is 0.0694. The molecular formula is C32H31N3O3S. The first-order valence-corrected chi connectivity index (χ1v) is 14.0. The highest BCUT2D eigenvalue weighted by Gasteiger charge is 2.28. The quantitative estimate of drug-likeness (QED) is 0.226. The molecule has 4 aromatic rings. The third-order valence-corrected chi connectivity index (χ3v) is 8.96. The number of piperazine rings is 1. The Morgan fingerprint density at radius 2 is 1.64 bits per heavy atom. The van der Waals surface area contributed by atoms with Crippen LogP contribution in [0.15, 0.2) is 88.7 Å². The van der Waals surface area contributed by atoms with Gasteiger partial charge >= 0.3 is 5.97 Å². The summed E-state index contributed by atoms with van der Waals surface area (Å²) in [6.07, 6.45) is 0. The number of aromatic carboxylic acids is 1. The lowest BCUT2D eigenvalue weighted by Gasteiger charge is -2.34. The van der Waals surface area contributed by atoms with Crippen LogP contribution < -0.4 is 10.2 Å². The number of aromatic hydroxyl groups is 1. The van der Waals surface area contributed by atoms with Gasteiger partial charge < -0.3 is 25.3 Å². The van der Waals surface area contributed by atoms with E-state index in [1.54, 1.807) is 23.9 Å². The number of nitrogens with one attached hydrogen (secondary N) is 1. The number of para-hydroxylation sites is 1. The van der Waals surface area contributed by atoms with Crippen molar-refractivity contribution in [3.05, 3.63) is 95.6 Å². The Kier molecular flexibility index (Phi) is 6.71. The number of nitrogens with zero attached hydrogens (tertiary/aromatic N) is 2. The largest absolute Gasteiger partial charge is 0.507 e. The van der Waals surface area contributed by atoms with E-state index >= 15 is 0 Å². The zero-order chi connectivity index (χ0) is 27.1. The van der Waals surface area contributed by atoms with Gasteiger partial charge in [0.1, 0.15) is 11.3 Å². The summed E-state index contributed by atoms with van der Waals surface area (Å²) in [6, 6.07) is 26.0. The van der Waals surface area contributed by atoms with Gasteiger partial charge in [-0.05, 0) is 54.6 Å². The maximum atomic E-state index is 12.3. The summed E-state index contributed by atoms with van der Waals surface area (Å²) in [7, 11) is 2.16. The molecule has 0 bridgehead atoms. The second kappa shape index (κ2) is 10.3. The summed E-state index contributed by atoms with van der Waals surface area (Å²) in [4.78, 5) is 19.3. The van der Waals surface area contributed by atoms with Gasteiger partial charge in [-0.1, -0.05) is 61.2 Å². The summed E-state index contributed by atoms with van der Waals surface area (Å²) >= 11 is 1.66. The minimum atomic E-state index is -1.15. The normalized spacial score (nSPS) is 15.7. The highest BCUT2D eigenvalue weighted by Crippen LogP contribution is 2.51. The third kappa shape index (κ3) is 4.73. The first kappa shape index (κ1) is 25.3. The lowest BCUT2D eigenvalue weighted by Crippen LogP contribution is -2.44. The van der Waals surface area contributed by atoms with Crippen molar-refractivity contribution in [2.75, 3.05) is 43.4 Å². The summed E-state index contributed by atoms with van der Waals surface area (Å²) in [5, 5.41) is 24.3. The predicted molar refractivity (Wildman–Crippen MR) is 158 cm³/mol. The number of phenols is 1. The smallest absolute Gasteiger partial charge is 0.340 e. The molecule has 0 radical (unpaired) electrons. The average Bonchev–Trinajstić information content (AvgIpc) is 2.95. The number of hydrogen-bond donors (Lipinski definition) is 3. The van der Waals surface area contributed by atoms with Gasteiger partial charge in [-0.2, -0.15) is 0 Å². The number of anilines is 3. The maximum absolute atomic E-state index is 12.3. The van der Waals surface area contributed by atoms with Crippen LogP contribution in [0, 0.1) is 0 Å². The van der Waals surface area contributed by atoms with E-state index in [0.29, 0.717) is 5.56 Å². The molecule has 1 saturated heterocycles. The number of hydrogen-bond acceptors (Lipinski definition) is 6. The lowest BCUT2D eigenvalue weighted by atomic mass is 9.84. The summed E-state index contributed by atoms with van der Waals surface area (Å²) in [5.74, 6) is -1.41. The van der Waals surface area contributed by atoms with Gasteiger partial charge in [0.05, 0.1) is 11.4 Å². The van der Waals surface area contributed by atoms with E-state index in [0.717, 1.165) is 64.0 Å². The number of carboxylic acids is 1. The minimum absolute atomic E-state index is 0.0141. The van der Waals surface area contributed by atoms with Crippen LogP contribution in [0.2, 0.25) is 0 Å². The Bertz CT molecular complexity index is 1550. The molecular weight excluding hydrogens is 506 g/mol. The highest BCUT2D eigenvalue weighted by molar-refractivity contribution is 7.99. The van der Waals surface area contributed by atoms with Gasteiger partial charge in [0.25, 0.3) is 0 Å². The van der Waals surface area contributed by atoms with Crippen LogP contribution in [0.25, 0.3) is 11.1 Å². The molecule has 2 heterocycles. The number of carboxylic acid groups (broad SMARTS) is 1. The number of rotatable bonds is 5. The Morgan fingerprint density at radius 3 is 2.38 bits per heavy atom. The number of benzene rings is 4. The van der Waals surface area contributed by atoms with Gasteiger partial charge in [-0.15, -0.1) is 0 Å². The van der Waals surface area contributed by atoms with E-state index in [2.05, 4.69) is 71.6 Å². The van der Waals surface area contributed by atoms with Crippen LogP contribution in [0.4, 0.5) is 17.1 Å². The fourth-order valence-electron chi connectivity index (χ4n) is 5.56. The molecule has 39 heavy (non-hydrogen) atoms. The van der Waals surface area contributed by atoms with E-state index in [1.165, 1.54) is 11.8 Å². The predicted octanol–water partition coefficient (Wildman–Crippen LogP) is 6.87. The zero-order valence-corrected chi connectivity index (χ0v) is 22.8. The van der Waals surface area contributed by atoms with Crippen LogP contribution >= 0.6 is 11.8 Å². The van der Waals surface area contributed by atoms with Crippen LogP contribution in [-0.4, -0.2) is 54.3 Å². The molecule has 0 amide bonds. The molecule has 0 saturated carbocycles. The third-order valence-electron chi connectivity index (χ3n) is 7.82. The van der Waals surface area contributed by atoms with E-state index in [1.807, 2.05) is 18.2 Å². The van der Waals surface area contributed by atoms with Crippen molar-refractivity contribution in [1.82, 2.24) is 4.90 Å². The number of likely N-dealkylation sites (N-methyl/N-ethyl adjacent to an activating group) is 1. The van der Waals surface area contributed by atoms with Gasteiger partial charge in [0.15, 0.2) is 0 Å². The fourth-order valence-corrected chi connectivity index (χ4v) is 6.57. The van der Waals surface area contributed by atoms with Gasteiger partial charge in [0, 0.05) is 58.7 Å². The average molecular weight is 538 g/mol. The van der Waals surface area contributed by atoms with Crippen LogP contribution in [0.5, 0.6) is 5.75 Å². The Balaban J connectivity index is 1.46. The Hall–Kier alpha value is -3.94. The summed E-state index contributed by atoms with van der Waals surface area (Å²) < 4.78 is 0. The first-order chi connectivity index (χ1) is 18.9.